The van der Waals surface area contributed by atoms with Crippen LogP contribution in [0.1, 0.15) is 13.8 Å². The van der Waals surface area contributed by atoms with E-state index in [1.807, 2.05) is 60.7 Å². The topological polar surface area (TPSA) is 96.1 Å². The lowest BCUT2D eigenvalue weighted by atomic mass is 10.1. The number of aromatic nitrogens is 2. The number of rotatable bonds is 4. The molecule has 0 fully saturated rings. The Morgan fingerprint density at radius 2 is 0.917 bits per heavy atom. The Hall–Kier alpha value is -4.72. The van der Waals surface area contributed by atoms with Crippen LogP contribution in [0, 0.1) is 20.2 Å². The second kappa shape index (κ2) is 9.14. The molecule has 0 saturated heterocycles. The first kappa shape index (κ1) is 23.0. The minimum Gasteiger partial charge on any atom is -0.341 e. The first-order valence-corrected chi connectivity index (χ1v) is 11.7. The molecule has 0 spiro atoms. The Morgan fingerprint density at radius 1 is 0.556 bits per heavy atom. The summed E-state index contributed by atoms with van der Waals surface area (Å²) in [6, 6.07) is 26.1. The predicted molar refractivity (Wildman–Crippen MR) is 144 cm³/mol. The Bertz CT molecular complexity index is 1650. The molecule has 0 saturated carbocycles. The van der Waals surface area contributed by atoms with Crippen LogP contribution in [0.4, 0.5) is 11.4 Å². The fraction of sp³-hybridized carbons (Fsp3) is 0.143. The quantitative estimate of drug-likeness (QED) is 0.193. The number of hydrogen-bond donors (Lipinski definition) is 0. The summed E-state index contributed by atoms with van der Waals surface area (Å²) in [6.07, 6.45) is 0. The van der Waals surface area contributed by atoms with E-state index in [1.165, 1.54) is 0 Å². The summed E-state index contributed by atoms with van der Waals surface area (Å²) in [4.78, 5) is 21.0. The van der Waals surface area contributed by atoms with Crippen molar-refractivity contribution in [1.82, 2.24) is 9.13 Å². The van der Waals surface area contributed by atoms with Gasteiger partial charge in [-0.2, -0.15) is 0 Å². The molecule has 0 radical (unpaired) electrons. The third-order valence-corrected chi connectivity index (χ3v) is 6.57. The van der Waals surface area contributed by atoms with Crippen LogP contribution in [-0.2, 0) is 13.1 Å². The van der Waals surface area contributed by atoms with Crippen molar-refractivity contribution in [2.75, 3.05) is 0 Å². The molecule has 0 unspecified atom stereocenters. The van der Waals surface area contributed by atoms with Crippen molar-refractivity contribution in [2.24, 2.45) is 0 Å². The standard InChI is InChI=1S/2C14H12N2O2/c2*1-2-15-13-6-4-3-5-11(13)12-9-10(16(17)18)7-8-14(12)15/h2*3-9H,2H2,1H3. The van der Waals surface area contributed by atoms with E-state index in [9.17, 15) is 20.2 Å². The number of fused-ring (bicyclic) bond motifs is 6. The van der Waals surface area contributed by atoms with E-state index in [-0.39, 0.29) is 21.2 Å². The third kappa shape index (κ3) is 3.73. The minimum absolute atomic E-state index is 0.140. The summed E-state index contributed by atoms with van der Waals surface area (Å²) in [6.45, 7) is 5.85. The van der Waals surface area contributed by atoms with Gasteiger partial charge in [-0.05, 0) is 38.1 Å². The second-order valence-electron chi connectivity index (χ2n) is 8.44. The summed E-state index contributed by atoms with van der Waals surface area (Å²) in [5, 5.41) is 25.7. The molecular weight excluding hydrogens is 456 g/mol. The van der Waals surface area contributed by atoms with Gasteiger partial charge in [-0.1, -0.05) is 36.4 Å². The van der Waals surface area contributed by atoms with E-state index >= 15 is 0 Å². The smallest absolute Gasteiger partial charge is 0.270 e. The zero-order valence-corrected chi connectivity index (χ0v) is 19.9. The van der Waals surface area contributed by atoms with Gasteiger partial charge in [-0.15, -0.1) is 0 Å². The predicted octanol–water partition coefficient (Wildman–Crippen LogP) is 7.45. The Morgan fingerprint density at radius 3 is 1.28 bits per heavy atom. The summed E-state index contributed by atoms with van der Waals surface area (Å²) in [7, 11) is 0. The van der Waals surface area contributed by atoms with E-state index in [0.29, 0.717) is 0 Å². The normalized spacial score (nSPS) is 11.2. The SMILES string of the molecule is CCn1c2ccccc2c2cc([N+](=O)[O-])ccc21.CCn1c2ccccc2c2cc([N+](=O)[O-])ccc21. The molecule has 0 N–H and O–H groups in total. The number of nitro benzene ring substituents is 2. The van der Waals surface area contributed by atoms with Crippen molar-refractivity contribution in [3.63, 3.8) is 0 Å². The summed E-state index contributed by atoms with van der Waals surface area (Å²) in [5.74, 6) is 0. The van der Waals surface area contributed by atoms with Gasteiger partial charge in [0.2, 0.25) is 0 Å². The zero-order chi connectivity index (χ0) is 25.4. The van der Waals surface area contributed by atoms with E-state index in [4.69, 9.17) is 0 Å². The number of non-ortho nitro benzene ring substituents is 2. The maximum atomic E-state index is 10.9. The number of hydrogen-bond acceptors (Lipinski definition) is 4. The van der Waals surface area contributed by atoms with Crippen molar-refractivity contribution in [3.05, 3.63) is 105 Å². The van der Waals surface area contributed by atoms with Gasteiger partial charge in [-0.3, -0.25) is 20.2 Å². The summed E-state index contributed by atoms with van der Waals surface area (Å²) < 4.78 is 4.35. The van der Waals surface area contributed by atoms with Crippen LogP contribution in [0.15, 0.2) is 84.9 Å². The Balaban J connectivity index is 0.000000148. The first-order chi connectivity index (χ1) is 17.4. The average molecular weight is 481 g/mol. The lowest BCUT2D eigenvalue weighted by Gasteiger charge is -2.01. The molecule has 0 aliphatic heterocycles. The summed E-state index contributed by atoms with van der Waals surface area (Å²) in [5.41, 5.74) is 4.61. The van der Waals surface area contributed by atoms with Crippen LogP contribution in [0.3, 0.4) is 0 Å². The highest BCUT2D eigenvalue weighted by molar-refractivity contribution is 6.09. The number of para-hydroxylation sites is 2. The van der Waals surface area contributed by atoms with Crippen molar-refractivity contribution in [1.29, 1.82) is 0 Å². The highest BCUT2D eigenvalue weighted by atomic mass is 16.6. The molecule has 8 heteroatoms. The molecule has 0 aliphatic carbocycles. The zero-order valence-electron chi connectivity index (χ0n) is 19.9. The van der Waals surface area contributed by atoms with Gasteiger partial charge in [0.15, 0.2) is 0 Å². The maximum Gasteiger partial charge on any atom is 0.270 e. The molecule has 36 heavy (non-hydrogen) atoms. The lowest BCUT2D eigenvalue weighted by Crippen LogP contribution is -1.93. The van der Waals surface area contributed by atoms with E-state index in [0.717, 1.165) is 56.7 Å². The average Bonchev–Trinajstić information content (AvgIpc) is 3.40. The number of nitro groups is 2. The largest absolute Gasteiger partial charge is 0.341 e. The Labute approximate surface area is 206 Å². The molecule has 2 aromatic heterocycles. The van der Waals surface area contributed by atoms with Gasteiger partial charge in [0.25, 0.3) is 11.4 Å². The third-order valence-electron chi connectivity index (χ3n) is 6.57. The number of nitrogens with zero attached hydrogens (tertiary/aromatic N) is 4. The molecule has 6 rings (SSSR count). The van der Waals surface area contributed by atoms with Crippen molar-refractivity contribution >= 4 is 55.0 Å². The van der Waals surface area contributed by atoms with Crippen LogP contribution in [0.2, 0.25) is 0 Å². The van der Waals surface area contributed by atoms with Crippen LogP contribution in [-0.4, -0.2) is 19.0 Å². The van der Waals surface area contributed by atoms with Crippen molar-refractivity contribution < 1.29 is 9.85 Å². The van der Waals surface area contributed by atoms with Crippen molar-refractivity contribution in [2.45, 2.75) is 26.9 Å². The second-order valence-corrected chi connectivity index (χ2v) is 8.44. The van der Waals surface area contributed by atoms with Crippen LogP contribution in [0.5, 0.6) is 0 Å². The van der Waals surface area contributed by atoms with Gasteiger partial charge in [-0.25, -0.2) is 0 Å². The van der Waals surface area contributed by atoms with Crippen LogP contribution in [0.25, 0.3) is 43.6 Å². The van der Waals surface area contributed by atoms with Gasteiger partial charge in [0.1, 0.15) is 0 Å². The number of aryl methyl sites for hydroxylation is 2. The van der Waals surface area contributed by atoms with Crippen LogP contribution < -0.4 is 0 Å². The molecule has 0 bridgehead atoms. The Kier molecular flexibility index (Phi) is 5.85. The molecule has 8 nitrogen and oxygen atoms in total. The molecule has 180 valence electrons. The van der Waals surface area contributed by atoms with Crippen LogP contribution >= 0.6 is 0 Å². The minimum atomic E-state index is -0.350. The highest BCUT2D eigenvalue weighted by Crippen LogP contribution is 2.32. The van der Waals surface area contributed by atoms with Gasteiger partial charge in [0.05, 0.1) is 9.85 Å². The van der Waals surface area contributed by atoms with Gasteiger partial charge in [0, 0.05) is 81.0 Å². The van der Waals surface area contributed by atoms with Gasteiger partial charge >= 0.3 is 0 Å². The fourth-order valence-electron chi connectivity index (χ4n) is 4.99. The highest BCUT2D eigenvalue weighted by Gasteiger charge is 2.14. The molecule has 6 aromatic rings. The summed E-state index contributed by atoms with van der Waals surface area (Å²) >= 11 is 0. The maximum absolute atomic E-state index is 10.9. The monoisotopic (exact) mass is 480 g/mol. The van der Waals surface area contributed by atoms with E-state index in [1.54, 1.807) is 24.3 Å². The lowest BCUT2D eigenvalue weighted by molar-refractivity contribution is -0.384. The molecule has 0 aliphatic rings. The molecule has 2 heterocycles. The number of benzene rings is 4. The molecule has 4 aromatic carbocycles. The molecule has 0 atom stereocenters. The fourth-order valence-corrected chi connectivity index (χ4v) is 4.99. The van der Waals surface area contributed by atoms with Crippen molar-refractivity contribution in [3.8, 4) is 0 Å². The van der Waals surface area contributed by atoms with E-state index < -0.39 is 0 Å². The molecule has 0 amide bonds. The van der Waals surface area contributed by atoms with E-state index in [2.05, 4.69) is 23.0 Å². The van der Waals surface area contributed by atoms with Gasteiger partial charge < -0.3 is 9.13 Å². The molecular formula is C28H24N4O4. The first-order valence-electron chi connectivity index (χ1n) is 11.7.